The fraction of sp³-hybridized carbons (Fsp3) is 0.462. The number of hydrogen-bond donors (Lipinski definition) is 0. The summed E-state index contributed by atoms with van der Waals surface area (Å²) in [7, 11) is 0. The lowest BCUT2D eigenvalue weighted by Crippen LogP contribution is -2.43. The van der Waals surface area contributed by atoms with Gasteiger partial charge >= 0.3 is 0 Å². The van der Waals surface area contributed by atoms with Crippen molar-refractivity contribution in [1.29, 1.82) is 0 Å². The molecule has 1 fully saturated rings. The minimum absolute atomic E-state index is 0.153. The summed E-state index contributed by atoms with van der Waals surface area (Å²) in [6.07, 6.45) is 0.700. The molecule has 1 aliphatic rings. The Morgan fingerprint density at radius 1 is 1.47 bits per heavy atom. The fourth-order valence-electron chi connectivity index (χ4n) is 1.90. The second kappa shape index (κ2) is 5.80. The van der Waals surface area contributed by atoms with Gasteiger partial charge in [0.2, 0.25) is 0 Å². The summed E-state index contributed by atoms with van der Waals surface area (Å²) in [5, 5.41) is 0. The molecule has 0 aromatic heterocycles. The van der Waals surface area contributed by atoms with Crippen molar-refractivity contribution in [2.24, 2.45) is 0 Å². The molecule has 17 heavy (non-hydrogen) atoms. The maximum absolute atomic E-state index is 10.6. The second-order valence-electron chi connectivity index (χ2n) is 3.91. The summed E-state index contributed by atoms with van der Waals surface area (Å²) in [4.78, 5) is 12.8. The maximum Gasteiger partial charge on any atom is 0.174 e. The molecule has 1 atom stereocenters. The van der Waals surface area contributed by atoms with Gasteiger partial charge < -0.3 is 14.4 Å². The van der Waals surface area contributed by atoms with Gasteiger partial charge in [0.05, 0.1) is 13.2 Å². The van der Waals surface area contributed by atoms with Crippen LogP contribution in [0.2, 0.25) is 0 Å². The Morgan fingerprint density at radius 3 is 2.88 bits per heavy atom. The molecular formula is C13H17NO3. The molecule has 1 aromatic carbocycles. The van der Waals surface area contributed by atoms with Crippen molar-refractivity contribution in [2.75, 3.05) is 31.2 Å². The SMILES string of the molecule is CCO[C@H]1CN(c2ccc(C=O)cc2)CCO1. The third-order valence-electron chi connectivity index (χ3n) is 2.78. The van der Waals surface area contributed by atoms with Crippen molar-refractivity contribution in [1.82, 2.24) is 0 Å². The molecule has 4 heteroatoms. The summed E-state index contributed by atoms with van der Waals surface area (Å²) in [6, 6.07) is 7.57. The van der Waals surface area contributed by atoms with Crippen LogP contribution in [-0.4, -0.2) is 38.9 Å². The molecule has 0 N–H and O–H groups in total. The third-order valence-corrected chi connectivity index (χ3v) is 2.78. The van der Waals surface area contributed by atoms with E-state index in [1.807, 2.05) is 31.2 Å². The monoisotopic (exact) mass is 235 g/mol. The molecule has 0 bridgehead atoms. The molecular weight excluding hydrogens is 218 g/mol. The van der Waals surface area contributed by atoms with Crippen LogP contribution >= 0.6 is 0 Å². The molecule has 92 valence electrons. The summed E-state index contributed by atoms with van der Waals surface area (Å²) >= 11 is 0. The second-order valence-corrected chi connectivity index (χ2v) is 3.91. The number of aldehydes is 1. The molecule has 1 heterocycles. The highest BCUT2D eigenvalue weighted by molar-refractivity contribution is 5.75. The number of carbonyl (C=O) groups is 1. The lowest BCUT2D eigenvalue weighted by molar-refractivity contribution is -0.143. The van der Waals surface area contributed by atoms with E-state index in [0.717, 1.165) is 25.1 Å². The zero-order valence-corrected chi connectivity index (χ0v) is 9.96. The average Bonchev–Trinajstić information content (AvgIpc) is 2.40. The first kappa shape index (κ1) is 12.1. The van der Waals surface area contributed by atoms with Gasteiger partial charge in [0.25, 0.3) is 0 Å². The number of anilines is 1. The van der Waals surface area contributed by atoms with E-state index in [1.54, 1.807) is 0 Å². The van der Waals surface area contributed by atoms with Crippen molar-refractivity contribution < 1.29 is 14.3 Å². The van der Waals surface area contributed by atoms with Crippen LogP contribution in [0.3, 0.4) is 0 Å². The largest absolute Gasteiger partial charge is 0.364 e. The highest BCUT2D eigenvalue weighted by Gasteiger charge is 2.20. The number of nitrogens with zero attached hydrogens (tertiary/aromatic N) is 1. The zero-order valence-electron chi connectivity index (χ0n) is 9.96. The average molecular weight is 235 g/mol. The first-order valence-corrected chi connectivity index (χ1v) is 5.87. The van der Waals surface area contributed by atoms with Gasteiger partial charge in [0, 0.05) is 24.4 Å². The Labute approximate surface area is 101 Å². The van der Waals surface area contributed by atoms with Gasteiger partial charge in [0.1, 0.15) is 6.29 Å². The Balaban J connectivity index is 2.02. The van der Waals surface area contributed by atoms with E-state index in [1.165, 1.54) is 0 Å². The summed E-state index contributed by atoms with van der Waals surface area (Å²) < 4.78 is 11.0. The van der Waals surface area contributed by atoms with E-state index in [2.05, 4.69) is 4.90 Å². The Morgan fingerprint density at radius 2 is 2.24 bits per heavy atom. The number of ether oxygens (including phenoxy) is 2. The zero-order chi connectivity index (χ0) is 12.1. The Bertz CT molecular complexity index is 361. The normalized spacial score (nSPS) is 20.3. The summed E-state index contributed by atoms with van der Waals surface area (Å²) in [5.74, 6) is 0. The van der Waals surface area contributed by atoms with Gasteiger partial charge in [0.15, 0.2) is 6.29 Å². The van der Waals surface area contributed by atoms with Gasteiger partial charge in [-0.3, -0.25) is 4.79 Å². The standard InChI is InChI=1S/C13H17NO3/c1-2-16-13-9-14(7-8-17-13)12-5-3-11(10-15)4-6-12/h3-6,10,13H,2,7-9H2,1H3/t13-/m1/s1. The van der Waals surface area contributed by atoms with Gasteiger partial charge in [-0.05, 0) is 31.2 Å². The fourth-order valence-corrected chi connectivity index (χ4v) is 1.90. The number of rotatable bonds is 4. The van der Waals surface area contributed by atoms with E-state index < -0.39 is 0 Å². The number of morpholine rings is 1. The van der Waals surface area contributed by atoms with Crippen LogP contribution in [-0.2, 0) is 9.47 Å². The van der Waals surface area contributed by atoms with E-state index >= 15 is 0 Å². The molecule has 0 radical (unpaired) electrons. The summed E-state index contributed by atoms with van der Waals surface area (Å²) in [6.45, 7) is 4.86. The van der Waals surface area contributed by atoms with Crippen LogP contribution in [0.1, 0.15) is 17.3 Å². The van der Waals surface area contributed by atoms with Gasteiger partial charge in [-0.2, -0.15) is 0 Å². The molecule has 1 aromatic rings. The molecule has 1 saturated heterocycles. The van der Waals surface area contributed by atoms with Crippen molar-refractivity contribution in [3.63, 3.8) is 0 Å². The van der Waals surface area contributed by atoms with Crippen LogP contribution in [0, 0.1) is 0 Å². The lowest BCUT2D eigenvalue weighted by Gasteiger charge is -2.34. The number of hydrogen-bond acceptors (Lipinski definition) is 4. The first-order valence-electron chi connectivity index (χ1n) is 5.87. The highest BCUT2D eigenvalue weighted by atomic mass is 16.7. The van der Waals surface area contributed by atoms with E-state index in [4.69, 9.17) is 9.47 Å². The lowest BCUT2D eigenvalue weighted by atomic mass is 10.2. The van der Waals surface area contributed by atoms with Crippen molar-refractivity contribution in [3.05, 3.63) is 29.8 Å². The summed E-state index contributed by atoms with van der Waals surface area (Å²) in [5.41, 5.74) is 1.80. The smallest absolute Gasteiger partial charge is 0.174 e. The molecule has 0 unspecified atom stereocenters. The van der Waals surface area contributed by atoms with Gasteiger partial charge in [-0.1, -0.05) is 0 Å². The topological polar surface area (TPSA) is 38.8 Å². The predicted molar refractivity (Wildman–Crippen MR) is 65.4 cm³/mol. The van der Waals surface area contributed by atoms with Crippen LogP contribution in [0.4, 0.5) is 5.69 Å². The third kappa shape index (κ3) is 3.05. The van der Waals surface area contributed by atoms with E-state index in [9.17, 15) is 4.79 Å². The van der Waals surface area contributed by atoms with Crippen LogP contribution in [0.15, 0.2) is 24.3 Å². The Hall–Kier alpha value is -1.39. The van der Waals surface area contributed by atoms with Crippen molar-refractivity contribution in [2.45, 2.75) is 13.2 Å². The Kier molecular flexibility index (Phi) is 4.12. The first-order chi connectivity index (χ1) is 8.33. The van der Waals surface area contributed by atoms with E-state index in [-0.39, 0.29) is 6.29 Å². The number of benzene rings is 1. The minimum Gasteiger partial charge on any atom is -0.364 e. The van der Waals surface area contributed by atoms with E-state index in [0.29, 0.717) is 18.8 Å². The van der Waals surface area contributed by atoms with Crippen LogP contribution < -0.4 is 4.90 Å². The highest BCUT2D eigenvalue weighted by Crippen LogP contribution is 2.18. The number of carbonyl (C=O) groups excluding carboxylic acids is 1. The molecule has 0 spiro atoms. The minimum atomic E-state index is -0.153. The molecule has 0 amide bonds. The van der Waals surface area contributed by atoms with Gasteiger partial charge in [-0.15, -0.1) is 0 Å². The van der Waals surface area contributed by atoms with Crippen molar-refractivity contribution in [3.8, 4) is 0 Å². The predicted octanol–water partition coefficient (Wildman–Crippen LogP) is 1.70. The maximum atomic E-state index is 10.6. The molecule has 0 aliphatic carbocycles. The molecule has 1 aliphatic heterocycles. The van der Waals surface area contributed by atoms with Gasteiger partial charge in [-0.25, -0.2) is 0 Å². The van der Waals surface area contributed by atoms with Crippen LogP contribution in [0.5, 0.6) is 0 Å². The van der Waals surface area contributed by atoms with Crippen molar-refractivity contribution >= 4 is 12.0 Å². The molecule has 4 nitrogen and oxygen atoms in total. The van der Waals surface area contributed by atoms with Crippen LogP contribution in [0.25, 0.3) is 0 Å². The molecule has 0 saturated carbocycles. The quantitative estimate of drug-likeness (QED) is 0.745. The molecule has 2 rings (SSSR count).